The molecule has 0 radical (unpaired) electrons. The van der Waals surface area contributed by atoms with Crippen LogP contribution in [0.1, 0.15) is 25.5 Å². The van der Waals surface area contributed by atoms with E-state index in [1.165, 1.54) is 0 Å². The molecule has 10 nitrogen and oxygen atoms in total. The smallest absolute Gasteiger partial charge is 0.308 e. The lowest BCUT2D eigenvalue weighted by molar-refractivity contribution is -0.154. The van der Waals surface area contributed by atoms with Crippen LogP contribution in [0.25, 0.3) is 10.9 Å². The first kappa shape index (κ1) is 19.2. The second-order valence-corrected chi connectivity index (χ2v) is 6.08. The SMILES string of the molecule is CCC(OC(=O)CCn1nnc2ccccc2c1=O)C(=O)Nc1cc(C)on1. The fraction of sp³-hybridized carbons (Fsp3) is 0.333. The Kier molecular flexibility index (Phi) is 5.78. The molecule has 0 aliphatic carbocycles. The Labute approximate surface area is 159 Å². The molecule has 146 valence electrons. The Morgan fingerprint density at radius 3 is 2.82 bits per heavy atom. The molecule has 1 unspecified atom stereocenters. The number of aryl methyl sites for hydroxylation is 2. The normalized spacial score (nSPS) is 11.9. The predicted molar refractivity (Wildman–Crippen MR) is 98.5 cm³/mol. The van der Waals surface area contributed by atoms with Crippen molar-refractivity contribution in [2.75, 3.05) is 5.32 Å². The number of nitrogens with zero attached hydrogens (tertiary/aromatic N) is 4. The molecule has 0 saturated heterocycles. The Morgan fingerprint density at radius 2 is 2.11 bits per heavy atom. The molecule has 1 N–H and O–H groups in total. The van der Waals surface area contributed by atoms with Crippen LogP contribution < -0.4 is 10.9 Å². The molecule has 0 saturated carbocycles. The minimum absolute atomic E-state index is 0.00393. The van der Waals surface area contributed by atoms with Crippen LogP contribution in [0.4, 0.5) is 5.82 Å². The number of nitrogens with one attached hydrogen (secondary N) is 1. The zero-order chi connectivity index (χ0) is 20.1. The van der Waals surface area contributed by atoms with Crippen LogP contribution in [0.5, 0.6) is 0 Å². The number of esters is 1. The van der Waals surface area contributed by atoms with Crippen LogP contribution in [-0.4, -0.2) is 38.1 Å². The van der Waals surface area contributed by atoms with E-state index >= 15 is 0 Å². The largest absolute Gasteiger partial charge is 0.452 e. The Morgan fingerprint density at radius 1 is 1.32 bits per heavy atom. The zero-order valence-corrected chi connectivity index (χ0v) is 15.4. The van der Waals surface area contributed by atoms with Gasteiger partial charge in [0.1, 0.15) is 11.3 Å². The van der Waals surface area contributed by atoms with Crippen molar-refractivity contribution < 1.29 is 18.8 Å². The third kappa shape index (κ3) is 4.40. The summed E-state index contributed by atoms with van der Waals surface area (Å²) in [6.07, 6.45) is -0.826. The highest BCUT2D eigenvalue weighted by Gasteiger charge is 2.22. The maximum Gasteiger partial charge on any atom is 0.308 e. The standard InChI is InChI=1S/C18H19N5O5/c1-3-14(17(25)19-15-10-11(2)28-21-15)27-16(24)8-9-23-18(26)12-6-4-5-7-13(12)20-22-23/h4-7,10,14H,3,8-9H2,1-2H3,(H,19,21,25). The Bertz CT molecular complexity index is 1060. The number of hydrogen-bond donors (Lipinski definition) is 1. The summed E-state index contributed by atoms with van der Waals surface area (Å²) in [4.78, 5) is 36.7. The molecule has 1 aromatic carbocycles. The number of carbonyl (C=O) groups excluding carboxylic acids is 2. The lowest BCUT2D eigenvalue weighted by Crippen LogP contribution is -2.33. The van der Waals surface area contributed by atoms with Crippen molar-refractivity contribution in [2.45, 2.75) is 39.3 Å². The number of amides is 1. The molecule has 0 aliphatic heterocycles. The predicted octanol–water partition coefficient (Wildman–Crippen LogP) is 1.44. The van der Waals surface area contributed by atoms with E-state index in [0.717, 1.165) is 4.68 Å². The number of ether oxygens (including phenoxy) is 1. The van der Waals surface area contributed by atoms with Crippen LogP contribution in [0.15, 0.2) is 39.6 Å². The minimum Gasteiger partial charge on any atom is -0.452 e. The molecule has 0 fully saturated rings. The van der Waals surface area contributed by atoms with Crippen molar-refractivity contribution in [1.82, 2.24) is 20.2 Å². The third-order valence-corrected chi connectivity index (χ3v) is 3.97. The molecule has 1 amide bonds. The lowest BCUT2D eigenvalue weighted by atomic mass is 10.2. The van der Waals surface area contributed by atoms with Gasteiger partial charge in [-0.05, 0) is 25.5 Å². The molecule has 3 aromatic rings. The average molecular weight is 385 g/mol. The van der Waals surface area contributed by atoms with E-state index in [4.69, 9.17) is 9.26 Å². The third-order valence-electron chi connectivity index (χ3n) is 3.97. The van der Waals surface area contributed by atoms with Gasteiger partial charge in [-0.2, -0.15) is 0 Å². The monoisotopic (exact) mass is 385 g/mol. The van der Waals surface area contributed by atoms with Gasteiger partial charge < -0.3 is 14.6 Å². The summed E-state index contributed by atoms with van der Waals surface area (Å²) in [5.74, 6) is -0.343. The summed E-state index contributed by atoms with van der Waals surface area (Å²) in [5, 5.41) is 14.4. The summed E-state index contributed by atoms with van der Waals surface area (Å²) < 4.78 is 11.2. The first-order chi connectivity index (χ1) is 13.5. The van der Waals surface area contributed by atoms with Gasteiger partial charge in [0.05, 0.1) is 18.4 Å². The molecule has 0 aliphatic rings. The molecule has 10 heteroatoms. The van der Waals surface area contributed by atoms with Gasteiger partial charge in [0.25, 0.3) is 11.5 Å². The topological polar surface area (TPSA) is 129 Å². The minimum atomic E-state index is -0.982. The van der Waals surface area contributed by atoms with Crippen molar-refractivity contribution in [3.05, 3.63) is 46.4 Å². The van der Waals surface area contributed by atoms with Crippen LogP contribution >= 0.6 is 0 Å². The quantitative estimate of drug-likeness (QED) is 0.605. The number of carbonyl (C=O) groups is 2. The van der Waals surface area contributed by atoms with Gasteiger partial charge in [-0.25, -0.2) is 4.68 Å². The van der Waals surface area contributed by atoms with Gasteiger partial charge in [-0.3, -0.25) is 14.4 Å². The second kappa shape index (κ2) is 8.42. The number of rotatable bonds is 7. The lowest BCUT2D eigenvalue weighted by Gasteiger charge is -2.15. The highest BCUT2D eigenvalue weighted by Crippen LogP contribution is 2.10. The van der Waals surface area contributed by atoms with Crippen LogP contribution in [0.2, 0.25) is 0 Å². The van der Waals surface area contributed by atoms with E-state index in [9.17, 15) is 14.4 Å². The fourth-order valence-electron chi connectivity index (χ4n) is 2.54. The van der Waals surface area contributed by atoms with Crippen LogP contribution in [-0.2, 0) is 20.9 Å². The van der Waals surface area contributed by atoms with E-state index < -0.39 is 18.0 Å². The summed E-state index contributed by atoms with van der Waals surface area (Å²) in [5.41, 5.74) is 0.140. The van der Waals surface area contributed by atoms with Gasteiger partial charge >= 0.3 is 5.97 Å². The zero-order valence-electron chi connectivity index (χ0n) is 15.4. The molecule has 1 atom stereocenters. The molecule has 2 heterocycles. The highest BCUT2D eigenvalue weighted by molar-refractivity contribution is 5.94. The number of benzene rings is 1. The summed E-state index contributed by atoms with van der Waals surface area (Å²) in [7, 11) is 0. The molecular weight excluding hydrogens is 366 g/mol. The van der Waals surface area contributed by atoms with Crippen molar-refractivity contribution in [3.63, 3.8) is 0 Å². The van der Waals surface area contributed by atoms with Crippen molar-refractivity contribution >= 4 is 28.6 Å². The molecule has 0 spiro atoms. The van der Waals surface area contributed by atoms with E-state index in [0.29, 0.717) is 16.7 Å². The summed E-state index contributed by atoms with van der Waals surface area (Å²) in [6, 6.07) is 8.37. The number of hydrogen-bond acceptors (Lipinski definition) is 8. The second-order valence-electron chi connectivity index (χ2n) is 6.08. The Balaban J connectivity index is 1.59. The van der Waals surface area contributed by atoms with Gasteiger partial charge in [0.2, 0.25) is 0 Å². The number of fused-ring (bicyclic) bond motifs is 1. The van der Waals surface area contributed by atoms with E-state index in [-0.39, 0.29) is 30.8 Å². The maximum absolute atomic E-state index is 12.4. The highest BCUT2D eigenvalue weighted by atomic mass is 16.5. The van der Waals surface area contributed by atoms with Gasteiger partial charge in [-0.1, -0.05) is 29.4 Å². The molecule has 0 bridgehead atoms. The molecule has 2 aromatic heterocycles. The molecule has 3 rings (SSSR count). The first-order valence-electron chi connectivity index (χ1n) is 8.74. The Hall–Kier alpha value is -3.56. The maximum atomic E-state index is 12.4. The van der Waals surface area contributed by atoms with E-state index in [1.807, 2.05) is 0 Å². The van der Waals surface area contributed by atoms with Crippen LogP contribution in [0, 0.1) is 6.92 Å². The van der Waals surface area contributed by atoms with E-state index in [1.54, 1.807) is 44.2 Å². The summed E-state index contributed by atoms with van der Waals surface area (Å²) in [6.45, 7) is 3.40. The molecule has 28 heavy (non-hydrogen) atoms. The molecular formula is C18H19N5O5. The van der Waals surface area contributed by atoms with Gasteiger partial charge in [0, 0.05) is 6.07 Å². The van der Waals surface area contributed by atoms with Gasteiger partial charge in [0.15, 0.2) is 11.9 Å². The summed E-state index contributed by atoms with van der Waals surface area (Å²) >= 11 is 0. The van der Waals surface area contributed by atoms with Crippen molar-refractivity contribution in [2.24, 2.45) is 0 Å². The first-order valence-corrected chi connectivity index (χ1v) is 8.74. The van der Waals surface area contributed by atoms with Crippen LogP contribution in [0.3, 0.4) is 0 Å². The average Bonchev–Trinajstić information content (AvgIpc) is 3.10. The number of anilines is 1. The van der Waals surface area contributed by atoms with Gasteiger partial charge in [-0.15, -0.1) is 5.10 Å². The van der Waals surface area contributed by atoms with Crippen molar-refractivity contribution in [3.8, 4) is 0 Å². The van der Waals surface area contributed by atoms with Crippen molar-refractivity contribution in [1.29, 1.82) is 0 Å². The number of aromatic nitrogens is 4. The van der Waals surface area contributed by atoms with E-state index in [2.05, 4.69) is 20.8 Å². The fourth-order valence-corrected chi connectivity index (χ4v) is 2.54.